The number of ether oxygens (including phenoxy) is 1. The van der Waals surface area contributed by atoms with Gasteiger partial charge in [0.15, 0.2) is 0 Å². The Labute approximate surface area is 142 Å². The zero-order valence-electron chi connectivity index (χ0n) is 13.9. The highest BCUT2D eigenvalue weighted by atomic mass is 32.1. The first-order valence-corrected chi connectivity index (χ1v) is 9.02. The van der Waals surface area contributed by atoms with E-state index < -0.39 is 0 Å². The highest BCUT2D eigenvalue weighted by Gasteiger charge is 2.41. The third-order valence-corrected chi connectivity index (χ3v) is 5.33. The number of thiophene rings is 1. The molecule has 0 aliphatic carbocycles. The number of likely N-dealkylation sites (N-methyl/N-ethyl adjacent to an activating group) is 1. The van der Waals surface area contributed by atoms with Gasteiger partial charge in [0.05, 0.1) is 18.8 Å². The number of rotatable bonds is 5. The van der Waals surface area contributed by atoms with Crippen molar-refractivity contribution in [3.8, 4) is 0 Å². The molecule has 0 radical (unpaired) electrons. The molecule has 0 saturated carbocycles. The van der Waals surface area contributed by atoms with Crippen LogP contribution in [0.25, 0.3) is 6.08 Å². The van der Waals surface area contributed by atoms with Gasteiger partial charge in [0.25, 0.3) is 0 Å². The maximum Gasteiger partial charge on any atom is 0.246 e. The van der Waals surface area contributed by atoms with E-state index in [1.807, 2.05) is 28.5 Å². The van der Waals surface area contributed by atoms with E-state index in [4.69, 9.17) is 4.74 Å². The van der Waals surface area contributed by atoms with Crippen molar-refractivity contribution in [3.63, 3.8) is 0 Å². The van der Waals surface area contributed by atoms with Crippen LogP contribution < -0.4 is 0 Å². The Hall–Kier alpha value is -1.21. The van der Waals surface area contributed by atoms with Crippen LogP contribution in [0.4, 0.5) is 0 Å². The minimum Gasteiger partial charge on any atom is -0.373 e. The van der Waals surface area contributed by atoms with Crippen LogP contribution in [0.5, 0.6) is 0 Å². The molecule has 23 heavy (non-hydrogen) atoms. The van der Waals surface area contributed by atoms with Gasteiger partial charge >= 0.3 is 0 Å². The average Bonchev–Trinajstić information content (AvgIpc) is 3.19. The summed E-state index contributed by atoms with van der Waals surface area (Å²) in [4.78, 5) is 20.1. The van der Waals surface area contributed by atoms with Crippen LogP contribution in [0.1, 0.15) is 4.88 Å². The Kier molecular flexibility index (Phi) is 5.48. The van der Waals surface area contributed by atoms with Gasteiger partial charge < -0.3 is 14.5 Å². The maximum absolute atomic E-state index is 12.4. The standard InChI is InChI=1S/C17H25N3O2S/c1-18(2)7-8-19-9-10-22-16-13-20(12-15(16)19)17(21)6-5-14-4-3-11-23-14/h3-6,11,15-16H,7-10,12-13H2,1-2H3/b6-5+. The summed E-state index contributed by atoms with van der Waals surface area (Å²) < 4.78 is 5.90. The Balaban J connectivity index is 1.58. The van der Waals surface area contributed by atoms with E-state index in [9.17, 15) is 4.79 Å². The summed E-state index contributed by atoms with van der Waals surface area (Å²) in [7, 11) is 4.19. The van der Waals surface area contributed by atoms with Gasteiger partial charge in [0, 0.05) is 43.7 Å². The summed E-state index contributed by atoms with van der Waals surface area (Å²) in [5, 5.41) is 2.02. The van der Waals surface area contributed by atoms with Crippen LogP contribution in [0.2, 0.25) is 0 Å². The quantitative estimate of drug-likeness (QED) is 0.759. The lowest BCUT2D eigenvalue weighted by molar-refractivity contribution is -0.125. The van der Waals surface area contributed by atoms with Gasteiger partial charge in [-0.05, 0) is 31.6 Å². The number of carbonyl (C=O) groups is 1. The third-order valence-electron chi connectivity index (χ3n) is 4.50. The molecule has 0 spiro atoms. The lowest BCUT2D eigenvalue weighted by Gasteiger charge is -2.37. The second-order valence-electron chi connectivity index (χ2n) is 6.41. The van der Waals surface area contributed by atoms with Crippen molar-refractivity contribution < 1.29 is 9.53 Å². The number of morpholine rings is 1. The van der Waals surface area contributed by atoms with Crippen molar-refractivity contribution in [1.82, 2.24) is 14.7 Å². The fourth-order valence-corrected chi connectivity index (χ4v) is 3.81. The van der Waals surface area contributed by atoms with Crippen LogP contribution in [0, 0.1) is 0 Å². The number of hydrogen-bond donors (Lipinski definition) is 0. The predicted octanol–water partition coefficient (Wildman–Crippen LogP) is 1.23. The summed E-state index contributed by atoms with van der Waals surface area (Å²) in [6, 6.07) is 4.35. The molecule has 2 unspecified atom stereocenters. The zero-order valence-corrected chi connectivity index (χ0v) is 14.7. The second kappa shape index (κ2) is 7.57. The van der Waals surface area contributed by atoms with Gasteiger partial charge in [-0.1, -0.05) is 6.07 Å². The van der Waals surface area contributed by atoms with Crippen molar-refractivity contribution >= 4 is 23.3 Å². The Bertz CT molecular complexity index is 544. The molecule has 2 fully saturated rings. The molecule has 0 aromatic carbocycles. The molecule has 2 saturated heterocycles. The molecule has 3 heterocycles. The molecule has 1 aromatic heterocycles. The molecule has 0 bridgehead atoms. The molecule has 6 heteroatoms. The number of fused-ring (bicyclic) bond motifs is 1. The minimum absolute atomic E-state index is 0.0870. The number of carbonyl (C=O) groups excluding carboxylic acids is 1. The topological polar surface area (TPSA) is 36.0 Å². The van der Waals surface area contributed by atoms with E-state index in [1.165, 1.54) is 0 Å². The van der Waals surface area contributed by atoms with Crippen molar-refractivity contribution in [2.75, 3.05) is 53.4 Å². The van der Waals surface area contributed by atoms with E-state index >= 15 is 0 Å². The average molecular weight is 335 g/mol. The van der Waals surface area contributed by atoms with Gasteiger partial charge in [-0.25, -0.2) is 0 Å². The molecule has 2 atom stereocenters. The summed E-state index contributed by atoms with van der Waals surface area (Å²) >= 11 is 1.64. The minimum atomic E-state index is 0.0870. The van der Waals surface area contributed by atoms with Crippen molar-refractivity contribution in [1.29, 1.82) is 0 Å². The van der Waals surface area contributed by atoms with Gasteiger partial charge in [-0.3, -0.25) is 9.69 Å². The van der Waals surface area contributed by atoms with E-state index in [2.05, 4.69) is 23.9 Å². The lowest BCUT2D eigenvalue weighted by atomic mass is 10.1. The van der Waals surface area contributed by atoms with E-state index in [1.54, 1.807) is 17.4 Å². The Morgan fingerprint density at radius 1 is 1.48 bits per heavy atom. The molecular weight excluding hydrogens is 310 g/mol. The fraction of sp³-hybridized carbons (Fsp3) is 0.588. The predicted molar refractivity (Wildman–Crippen MR) is 93.6 cm³/mol. The summed E-state index contributed by atoms with van der Waals surface area (Å²) in [5.74, 6) is 0.0870. The monoisotopic (exact) mass is 335 g/mol. The summed E-state index contributed by atoms with van der Waals surface area (Å²) in [6.45, 7) is 5.27. The highest BCUT2D eigenvalue weighted by Crippen LogP contribution is 2.23. The Morgan fingerprint density at radius 2 is 2.35 bits per heavy atom. The van der Waals surface area contributed by atoms with Crippen LogP contribution >= 0.6 is 11.3 Å². The van der Waals surface area contributed by atoms with E-state index in [0.717, 1.165) is 37.7 Å². The highest BCUT2D eigenvalue weighted by molar-refractivity contribution is 7.10. The van der Waals surface area contributed by atoms with Crippen LogP contribution in [-0.4, -0.2) is 86.2 Å². The molecule has 2 aliphatic rings. The number of likely N-dealkylation sites (tertiary alicyclic amines) is 1. The maximum atomic E-state index is 12.4. The molecule has 3 rings (SSSR count). The largest absolute Gasteiger partial charge is 0.373 e. The molecule has 1 amide bonds. The Morgan fingerprint density at radius 3 is 3.09 bits per heavy atom. The van der Waals surface area contributed by atoms with Gasteiger partial charge in [0.1, 0.15) is 0 Å². The number of nitrogens with zero attached hydrogens (tertiary/aromatic N) is 3. The molecule has 1 aromatic rings. The SMILES string of the molecule is CN(C)CCN1CCOC2CN(C(=O)/C=C/c3cccs3)CC21. The van der Waals surface area contributed by atoms with E-state index in [0.29, 0.717) is 12.6 Å². The molecule has 0 N–H and O–H groups in total. The lowest BCUT2D eigenvalue weighted by Crippen LogP contribution is -2.52. The normalized spacial score (nSPS) is 25.4. The molecule has 126 valence electrons. The van der Waals surface area contributed by atoms with Crippen LogP contribution in [0.15, 0.2) is 23.6 Å². The zero-order chi connectivity index (χ0) is 16.2. The smallest absolute Gasteiger partial charge is 0.246 e. The molecule has 2 aliphatic heterocycles. The molecule has 5 nitrogen and oxygen atoms in total. The van der Waals surface area contributed by atoms with Crippen LogP contribution in [0.3, 0.4) is 0 Å². The number of hydrogen-bond acceptors (Lipinski definition) is 5. The van der Waals surface area contributed by atoms with Crippen molar-refractivity contribution in [2.24, 2.45) is 0 Å². The molecular formula is C17H25N3O2S. The van der Waals surface area contributed by atoms with Gasteiger partial charge in [-0.15, -0.1) is 11.3 Å². The first-order valence-electron chi connectivity index (χ1n) is 8.14. The third kappa shape index (κ3) is 4.20. The summed E-state index contributed by atoms with van der Waals surface area (Å²) in [6.07, 6.45) is 3.75. The van der Waals surface area contributed by atoms with Gasteiger partial charge in [-0.2, -0.15) is 0 Å². The van der Waals surface area contributed by atoms with E-state index in [-0.39, 0.29) is 12.0 Å². The first kappa shape index (κ1) is 16.6. The second-order valence-corrected chi connectivity index (χ2v) is 7.39. The number of amides is 1. The van der Waals surface area contributed by atoms with Gasteiger partial charge in [0.2, 0.25) is 5.91 Å². The summed E-state index contributed by atoms with van der Waals surface area (Å²) in [5.41, 5.74) is 0. The first-order chi connectivity index (χ1) is 11.1. The fourth-order valence-electron chi connectivity index (χ4n) is 3.19. The van der Waals surface area contributed by atoms with Crippen molar-refractivity contribution in [2.45, 2.75) is 12.1 Å². The van der Waals surface area contributed by atoms with Crippen LogP contribution in [-0.2, 0) is 9.53 Å². The van der Waals surface area contributed by atoms with Crippen molar-refractivity contribution in [3.05, 3.63) is 28.5 Å².